The molecule has 0 N–H and O–H groups in total. The van der Waals surface area contributed by atoms with Crippen molar-refractivity contribution in [3.05, 3.63) is 109 Å². The number of anilines is 1. The van der Waals surface area contributed by atoms with Gasteiger partial charge in [0.05, 0.1) is 18.8 Å². The summed E-state index contributed by atoms with van der Waals surface area (Å²) in [6.07, 6.45) is 4.29. The third kappa shape index (κ3) is 5.50. The van der Waals surface area contributed by atoms with Gasteiger partial charge < -0.3 is 9.64 Å². The number of hydrogen-bond donors (Lipinski definition) is 0. The molecule has 4 aromatic rings. The Kier molecular flexibility index (Phi) is 8.30. The first-order chi connectivity index (χ1) is 19.5. The highest BCUT2D eigenvalue weighted by atomic mass is 16.5. The van der Waals surface area contributed by atoms with Crippen LogP contribution in [-0.2, 0) is 0 Å². The number of fused-ring (bicyclic) bond motifs is 2. The molecule has 1 aliphatic heterocycles. The van der Waals surface area contributed by atoms with Crippen molar-refractivity contribution < 1.29 is 9.53 Å². The van der Waals surface area contributed by atoms with Crippen LogP contribution in [0.1, 0.15) is 55.5 Å². The van der Waals surface area contributed by atoms with Gasteiger partial charge in [0.25, 0.3) is 5.91 Å². The average Bonchev–Trinajstić information content (AvgIpc) is 3.00. The lowest BCUT2D eigenvalue weighted by atomic mass is 10.0. The van der Waals surface area contributed by atoms with E-state index in [2.05, 4.69) is 67.8 Å². The Morgan fingerprint density at radius 3 is 2.40 bits per heavy atom. The molecule has 0 bridgehead atoms. The molecule has 1 heterocycles. The van der Waals surface area contributed by atoms with Gasteiger partial charge in [-0.3, -0.25) is 9.69 Å². The molecular weight excluding hydrogens is 494 g/mol. The molecule has 5 heteroatoms. The maximum Gasteiger partial charge on any atom is 0.254 e. The van der Waals surface area contributed by atoms with Gasteiger partial charge in [0.15, 0.2) is 0 Å². The molecule has 1 amide bonds. The summed E-state index contributed by atoms with van der Waals surface area (Å²) in [5, 5.41) is 2.32. The van der Waals surface area contributed by atoms with Gasteiger partial charge in [0.2, 0.25) is 0 Å². The topological polar surface area (TPSA) is 45.1 Å². The normalized spacial score (nSPS) is 13.5. The van der Waals surface area contributed by atoms with Crippen LogP contribution in [0.25, 0.3) is 16.5 Å². The number of carbonyl (C=O) groups is 1. The molecule has 5 rings (SSSR count). The highest BCUT2D eigenvalue weighted by Gasteiger charge is 2.33. The minimum Gasteiger partial charge on any atom is -0.497 e. The number of amides is 1. The standard InChI is InChI=1S/C35H37N3O2/c1-5-6-7-12-23-37(35(39)28-18-21-31(40-4)22-19-28)26(3)34-36-33-16-11-10-15-32(33)25(2)38(34)30-20-17-27-13-8-9-14-29(27)24-30/h8-11,13-22,24,26H,2,5-7,12,23H2,1,3-4H3. The first-order valence-electron chi connectivity index (χ1n) is 14.1. The second kappa shape index (κ2) is 12.2. The molecule has 5 nitrogen and oxygen atoms in total. The second-order valence-electron chi connectivity index (χ2n) is 10.3. The number of amidine groups is 1. The fourth-order valence-electron chi connectivity index (χ4n) is 5.35. The van der Waals surface area contributed by atoms with Crippen molar-refractivity contribution in [2.75, 3.05) is 18.6 Å². The van der Waals surface area contributed by atoms with Crippen molar-refractivity contribution in [3.63, 3.8) is 0 Å². The van der Waals surface area contributed by atoms with Gasteiger partial charge in [-0.1, -0.05) is 81.3 Å². The SMILES string of the molecule is C=C1c2ccccc2N=C(C(C)N(CCCCCC)C(=O)c2ccc(OC)cc2)N1c1ccc2ccccc2c1. The summed E-state index contributed by atoms with van der Waals surface area (Å²) < 4.78 is 5.32. The van der Waals surface area contributed by atoms with Crippen LogP contribution in [0.2, 0.25) is 0 Å². The number of aliphatic imine (C=N–C) groups is 1. The molecule has 40 heavy (non-hydrogen) atoms. The molecule has 0 fully saturated rings. The van der Waals surface area contributed by atoms with Gasteiger partial charge in [0.1, 0.15) is 11.6 Å². The zero-order valence-electron chi connectivity index (χ0n) is 23.6. The van der Waals surface area contributed by atoms with E-state index in [0.717, 1.165) is 65.3 Å². The number of methoxy groups -OCH3 is 1. The molecule has 0 aromatic heterocycles. The lowest BCUT2D eigenvalue weighted by Gasteiger charge is -2.39. The van der Waals surface area contributed by atoms with E-state index in [-0.39, 0.29) is 11.9 Å². The molecule has 0 radical (unpaired) electrons. The van der Waals surface area contributed by atoms with Crippen molar-refractivity contribution in [2.45, 2.75) is 45.6 Å². The summed E-state index contributed by atoms with van der Waals surface area (Å²) in [5.41, 5.74) is 4.32. The quantitative estimate of drug-likeness (QED) is 0.193. The van der Waals surface area contributed by atoms with Gasteiger partial charge in [-0.15, -0.1) is 0 Å². The third-order valence-corrected chi connectivity index (χ3v) is 7.63. The molecule has 0 saturated carbocycles. The van der Waals surface area contributed by atoms with E-state index in [0.29, 0.717) is 12.1 Å². The van der Waals surface area contributed by atoms with Crippen molar-refractivity contribution >= 4 is 39.6 Å². The van der Waals surface area contributed by atoms with Crippen LogP contribution in [0.4, 0.5) is 11.4 Å². The van der Waals surface area contributed by atoms with Gasteiger partial charge in [-0.2, -0.15) is 0 Å². The summed E-state index contributed by atoms with van der Waals surface area (Å²) >= 11 is 0. The van der Waals surface area contributed by atoms with Crippen LogP contribution in [0.3, 0.4) is 0 Å². The summed E-state index contributed by atoms with van der Waals surface area (Å²) in [4.78, 5) is 23.3. The Morgan fingerprint density at radius 1 is 0.925 bits per heavy atom. The molecule has 0 saturated heterocycles. The first-order valence-corrected chi connectivity index (χ1v) is 14.1. The van der Waals surface area contributed by atoms with E-state index in [9.17, 15) is 4.79 Å². The van der Waals surface area contributed by atoms with Crippen molar-refractivity contribution in [2.24, 2.45) is 4.99 Å². The highest BCUT2D eigenvalue weighted by molar-refractivity contribution is 6.16. The number of carbonyl (C=O) groups excluding carboxylic acids is 1. The molecule has 0 aliphatic carbocycles. The van der Waals surface area contributed by atoms with Gasteiger partial charge in [-0.25, -0.2) is 4.99 Å². The number of benzene rings is 4. The van der Waals surface area contributed by atoms with E-state index in [1.54, 1.807) is 7.11 Å². The van der Waals surface area contributed by atoms with E-state index >= 15 is 0 Å². The molecule has 204 valence electrons. The first kappa shape index (κ1) is 27.2. The van der Waals surface area contributed by atoms with Crippen LogP contribution >= 0.6 is 0 Å². The van der Waals surface area contributed by atoms with Crippen LogP contribution < -0.4 is 9.64 Å². The Hall–Kier alpha value is -4.38. The Bertz CT molecular complexity index is 1540. The number of rotatable bonds is 10. The van der Waals surface area contributed by atoms with E-state index < -0.39 is 0 Å². The maximum atomic E-state index is 14.0. The predicted octanol–water partition coefficient (Wildman–Crippen LogP) is 8.48. The Morgan fingerprint density at radius 2 is 1.65 bits per heavy atom. The highest BCUT2D eigenvalue weighted by Crippen LogP contribution is 2.38. The monoisotopic (exact) mass is 531 g/mol. The minimum absolute atomic E-state index is 0.0164. The minimum atomic E-state index is -0.298. The van der Waals surface area contributed by atoms with Gasteiger partial charge in [-0.05, 0) is 66.6 Å². The smallest absolute Gasteiger partial charge is 0.254 e. The van der Waals surface area contributed by atoms with Gasteiger partial charge in [0, 0.05) is 29.1 Å². The zero-order chi connectivity index (χ0) is 28.1. The predicted molar refractivity (Wildman–Crippen MR) is 167 cm³/mol. The molecule has 0 spiro atoms. The molecule has 1 unspecified atom stereocenters. The number of para-hydroxylation sites is 1. The maximum absolute atomic E-state index is 14.0. The molecular formula is C35H37N3O2. The van der Waals surface area contributed by atoms with Crippen molar-refractivity contribution in [1.29, 1.82) is 0 Å². The summed E-state index contributed by atoms with van der Waals surface area (Å²) in [5.74, 6) is 1.50. The largest absolute Gasteiger partial charge is 0.497 e. The van der Waals surface area contributed by atoms with Crippen LogP contribution in [-0.4, -0.2) is 36.3 Å². The molecule has 4 aromatic carbocycles. The number of nitrogens with zero attached hydrogens (tertiary/aromatic N) is 3. The van der Waals surface area contributed by atoms with E-state index in [4.69, 9.17) is 9.73 Å². The Labute approximate surface area is 237 Å². The fourth-order valence-corrected chi connectivity index (χ4v) is 5.35. The molecule has 1 aliphatic rings. The number of unbranched alkanes of at least 4 members (excludes halogenated alkanes) is 3. The summed E-state index contributed by atoms with van der Waals surface area (Å²) in [6, 6.07) is 29.9. The van der Waals surface area contributed by atoms with Crippen LogP contribution in [0.15, 0.2) is 103 Å². The fraction of sp³-hybridized carbons (Fsp3) is 0.257. The number of ether oxygens (including phenoxy) is 1. The summed E-state index contributed by atoms with van der Waals surface area (Å²) in [7, 11) is 1.63. The lowest BCUT2D eigenvalue weighted by molar-refractivity contribution is 0.0731. The van der Waals surface area contributed by atoms with E-state index in [1.807, 2.05) is 53.4 Å². The summed E-state index contributed by atoms with van der Waals surface area (Å²) in [6.45, 7) is 9.44. The lowest BCUT2D eigenvalue weighted by Crippen LogP contribution is -2.50. The van der Waals surface area contributed by atoms with Gasteiger partial charge >= 0.3 is 0 Å². The zero-order valence-corrected chi connectivity index (χ0v) is 23.6. The molecule has 1 atom stereocenters. The van der Waals surface area contributed by atoms with Crippen molar-refractivity contribution in [3.8, 4) is 5.75 Å². The van der Waals surface area contributed by atoms with E-state index in [1.165, 1.54) is 5.39 Å². The van der Waals surface area contributed by atoms with Crippen molar-refractivity contribution in [1.82, 2.24) is 4.90 Å². The second-order valence-corrected chi connectivity index (χ2v) is 10.3. The van der Waals surface area contributed by atoms with Crippen LogP contribution in [0, 0.1) is 0 Å². The number of hydrogen-bond acceptors (Lipinski definition) is 4. The van der Waals surface area contributed by atoms with Crippen LogP contribution in [0.5, 0.6) is 5.75 Å². The third-order valence-electron chi connectivity index (χ3n) is 7.63. The average molecular weight is 532 g/mol. The Balaban J connectivity index is 1.57.